The van der Waals surface area contributed by atoms with Gasteiger partial charge in [-0.15, -0.1) is 11.3 Å². The van der Waals surface area contributed by atoms with Crippen molar-refractivity contribution in [2.45, 2.75) is 19.9 Å². The first kappa shape index (κ1) is 21.4. The molecule has 0 saturated carbocycles. The number of carbonyl (C=O) groups is 1. The van der Waals surface area contributed by atoms with Crippen molar-refractivity contribution in [3.05, 3.63) is 91.8 Å². The predicted molar refractivity (Wildman–Crippen MR) is 122 cm³/mol. The van der Waals surface area contributed by atoms with Crippen LogP contribution in [-0.2, 0) is 11.3 Å². The van der Waals surface area contributed by atoms with Gasteiger partial charge in [0, 0.05) is 23.1 Å². The SMILES string of the molecule is CCCOC(=O)c1cccc(Cn2cnc3scc(-c4ccc([N+](=O)[O-])cc4)c3c2=O)c1. The van der Waals surface area contributed by atoms with Crippen molar-refractivity contribution in [2.24, 2.45) is 0 Å². The van der Waals surface area contributed by atoms with E-state index in [1.165, 1.54) is 34.4 Å². The number of ether oxygens (including phenoxy) is 1. The highest BCUT2D eigenvalue weighted by Crippen LogP contribution is 2.31. The smallest absolute Gasteiger partial charge is 0.338 e. The number of hydrogen-bond donors (Lipinski definition) is 0. The molecule has 0 fully saturated rings. The summed E-state index contributed by atoms with van der Waals surface area (Å²) in [7, 11) is 0. The van der Waals surface area contributed by atoms with Gasteiger partial charge in [-0.2, -0.15) is 0 Å². The van der Waals surface area contributed by atoms with Gasteiger partial charge in [-0.3, -0.25) is 19.5 Å². The molecule has 0 aliphatic carbocycles. The first-order valence-corrected chi connectivity index (χ1v) is 10.8. The molecular weight excluding hydrogens is 430 g/mol. The summed E-state index contributed by atoms with van der Waals surface area (Å²) in [5.74, 6) is -0.395. The fourth-order valence-corrected chi connectivity index (χ4v) is 4.23. The fraction of sp³-hybridized carbons (Fsp3) is 0.174. The number of thiophene rings is 1. The number of benzene rings is 2. The lowest BCUT2D eigenvalue weighted by Crippen LogP contribution is -2.21. The van der Waals surface area contributed by atoms with Crippen molar-refractivity contribution < 1.29 is 14.5 Å². The van der Waals surface area contributed by atoms with E-state index < -0.39 is 10.9 Å². The van der Waals surface area contributed by atoms with E-state index in [0.717, 1.165) is 12.0 Å². The first-order chi connectivity index (χ1) is 15.5. The summed E-state index contributed by atoms with van der Waals surface area (Å²) in [5.41, 5.74) is 2.36. The molecule has 4 aromatic rings. The summed E-state index contributed by atoms with van der Waals surface area (Å²) in [6.07, 6.45) is 2.23. The Hall–Kier alpha value is -3.85. The second-order valence-electron chi connectivity index (χ2n) is 7.15. The minimum Gasteiger partial charge on any atom is -0.462 e. The molecule has 0 amide bonds. The number of aromatic nitrogens is 2. The van der Waals surface area contributed by atoms with Crippen molar-refractivity contribution in [1.82, 2.24) is 9.55 Å². The lowest BCUT2D eigenvalue weighted by molar-refractivity contribution is -0.384. The largest absolute Gasteiger partial charge is 0.462 e. The Morgan fingerprint density at radius 1 is 1.22 bits per heavy atom. The zero-order chi connectivity index (χ0) is 22.7. The van der Waals surface area contributed by atoms with Gasteiger partial charge in [-0.25, -0.2) is 9.78 Å². The van der Waals surface area contributed by atoms with Crippen LogP contribution in [0.2, 0.25) is 0 Å². The van der Waals surface area contributed by atoms with Gasteiger partial charge in [0.25, 0.3) is 11.2 Å². The van der Waals surface area contributed by atoms with E-state index in [1.54, 1.807) is 30.3 Å². The van der Waals surface area contributed by atoms with Crippen LogP contribution < -0.4 is 5.56 Å². The second kappa shape index (κ2) is 9.11. The molecule has 2 aromatic heterocycles. The third kappa shape index (κ3) is 4.28. The topological polar surface area (TPSA) is 104 Å². The quantitative estimate of drug-likeness (QED) is 0.231. The number of rotatable bonds is 7. The molecule has 0 bridgehead atoms. The first-order valence-electron chi connectivity index (χ1n) is 9.95. The van der Waals surface area contributed by atoms with Gasteiger partial charge in [-0.05, 0) is 41.8 Å². The molecule has 0 aliphatic rings. The number of carbonyl (C=O) groups excluding carboxylic acids is 1. The van der Waals surface area contributed by atoms with Crippen molar-refractivity contribution in [2.75, 3.05) is 6.61 Å². The molecule has 0 N–H and O–H groups in total. The molecular formula is C23H19N3O5S. The molecule has 2 heterocycles. The maximum atomic E-state index is 13.3. The van der Waals surface area contributed by atoms with Gasteiger partial charge in [0.05, 0.1) is 35.4 Å². The molecule has 8 nitrogen and oxygen atoms in total. The van der Waals surface area contributed by atoms with Gasteiger partial charge in [0.2, 0.25) is 0 Å². The van der Waals surface area contributed by atoms with E-state index >= 15 is 0 Å². The summed E-state index contributed by atoms with van der Waals surface area (Å²) in [6.45, 7) is 2.52. The Morgan fingerprint density at radius 3 is 2.72 bits per heavy atom. The minimum atomic E-state index is -0.462. The number of esters is 1. The molecule has 4 rings (SSSR count). The molecule has 9 heteroatoms. The number of non-ortho nitro benzene ring substituents is 1. The molecule has 0 aliphatic heterocycles. The van der Waals surface area contributed by atoms with Crippen molar-refractivity contribution in [1.29, 1.82) is 0 Å². The van der Waals surface area contributed by atoms with Gasteiger partial charge in [0.1, 0.15) is 4.83 Å². The van der Waals surface area contributed by atoms with E-state index in [1.807, 2.05) is 18.4 Å². The molecule has 0 spiro atoms. The summed E-state index contributed by atoms with van der Waals surface area (Å²) in [5, 5.41) is 13.2. The van der Waals surface area contributed by atoms with Crippen LogP contribution in [0.1, 0.15) is 29.3 Å². The number of nitro groups is 1. The van der Waals surface area contributed by atoms with Gasteiger partial charge >= 0.3 is 5.97 Å². The van der Waals surface area contributed by atoms with Crippen LogP contribution in [0.25, 0.3) is 21.3 Å². The highest BCUT2D eigenvalue weighted by atomic mass is 32.1. The normalized spacial score (nSPS) is 10.9. The van der Waals surface area contributed by atoms with Crippen LogP contribution in [0.15, 0.2) is 65.0 Å². The van der Waals surface area contributed by atoms with Crippen LogP contribution in [0.4, 0.5) is 5.69 Å². The van der Waals surface area contributed by atoms with Gasteiger partial charge in [-0.1, -0.05) is 19.1 Å². The van der Waals surface area contributed by atoms with E-state index in [0.29, 0.717) is 33.5 Å². The molecule has 0 saturated heterocycles. The Morgan fingerprint density at radius 2 is 2.00 bits per heavy atom. The Labute approximate surface area is 186 Å². The van der Waals surface area contributed by atoms with Crippen LogP contribution in [0.5, 0.6) is 0 Å². The van der Waals surface area contributed by atoms with Crippen molar-refractivity contribution in [3.8, 4) is 11.1 Å². The lowest BCUT2D eigenvalue weighted by Gasteiger charge is -2.08. The highest BCUT2D eigenvalue weighted by Gasteiger charge is 2.15. The molecule has 0 unspecified atom stereocenters. The molecule has 2 aromatic carbocycles. The summed E-state index contributed by atoms with van der Waals surface area (Å²) >= 11 is 1.34. The maximum absolute atomic E-state index is 13.3. The van der Waals surface area contributed by atoms with Crippen molar-refractivity contribution >= 4 is 33.2 Å². The zero-order valence-corrected chi connectivity index (χ0v) is 18.0. The molecule has 0 radical (unpaired) electrons. The number of fused-ring (bicyclic) bond motifs is 1. The fourth-order valence-electron chi connectivity index (χ4n) is 3.33. The average Bonchev–Trinajstić information content (AvgIpc) is 3.24. The highest BCUT2D eigenvalue weighted by molar-refractivity contribution is 7.17. The number of nitro benzene ring substituents is 1. The van der Waals surface area contributed by atoms with E-state index in [4.69, 9.17) is 4.74 Å². The maximum Gasteiger partial charge on any atom is 0.338 e. The number of nitrogens with zero attached hydrogens (tertiary/aromatic N) is 3. The average molecular weight is 449 g/mol. The minimum absolute atomic E-state index is 0.0128. The van der Waals surface area contributed by atoms with Crippen LogP contribution in [0.3, 0.4) is 0 Å². The standard InChI is InChI=1S/C23H19N3O5S/c1-2-10-31-23(28)17-5-3-4-15(11-17)12-25-14-24-21-20(22(25)27)19(13-32-21)16-6-8-18(9-7-16)26(29)30/h3-9,11,13-14H,2,10,12H2,1H3. The van der Waals surface area contributed by atoms with E-state index in [-0.39, 0.29) is 17.8 Å². The molecule has 0 atom stereocenters. The van der Waals surface area contributed by atoms with Gasteiger partial charge < -0.3 is 4.74 Å². The second-order valence-corrected chi connectivity index (χ2v) is 8.01. The van der Waals surface area contributed by atoms with Crippen LogP contribution in [0, 0.1) is 10.1 Å². The Kier molecular flexibility index (Phi) is 6.09. The molecule has 32 heavy (non-hydrogen) atoms. The van der Waals surface area contributed by atoms with Crippen LogP contribution in [-0.4, -0.2) is 27.1 Å². The molecule has 162 valence electrons. The summed E-state index contributed by atoms with van der Waals surface area (Å²) in [6, 6.07) is 13.0. The lowest BCUT2D eigenvalue weighted by atomic mass is 10.1. The summed E-state index contributed by atoms with van der Waals surface area (Å²) < 4.78 is 6.67. The Balaban J connectivity index is 1.67. The van der Waals surface area contributed by atoms with Gasteiger partial charge in [0.15, 0.2) is 0 Å². The zero-order valence-electron chi connectivity index (χ0n) is 17.2. The Bertz CT molecular complexity index is 1360. The predicted octanol–water partition coefficient (Wildman–Crippen LogP) is 4.65. The monoisotopic (exact) mass is 449 g/mol. The third-order valence-corrected chi connectivity index (χ3v) is 5.79. The number of hydrogen-bond acceptors (Lipinski definition) is 7. The van der Waals surface area contributed by atoms with Crippen LogP contribution >= 0.6 is 11.3 Å². The third-order valence-electron chi connectivity index (χ3n) is 4.90. The van der Waals surface area contributed by atoms with Crippen molar-refractivity contribution in [3.63, 3.8) is 0 Å². The van der Waals surface area contributed by atoms with E-state index in [2.05, 4.69) is 4.98 Å². The van der Waals surface area contributed by atoms with E-state index in [9.17, 15) is 19.7 Å². The summed E-state index contributed by atoms with van der Waals surface area (Å²) in [4.78, 5) is 40.9.